The molecule has 3 N–H and O–H groups in total. The Morgan fingerprint density at radius 1 is 1.25 bits per heavy atom. The van der Waals surface area contributed by atoms with Gasteiger partial charge in [-0.3, -0.25) is 0 Å². The number of carbonyl (C=O) groups is 1. The molecule has 0 bridgehead atoms. The van der Waals surface area contributed by atoms with Gasteiger partial charge < -0.3 is 16.0 Å². The molecule has 1 aliphatic rings. The lowest BCUT2D eigenvalue weighted by Crippen LogP contribution is -2.46. The average molecular weight is 418 g/mol. The van der Waals surface area contributed by atoms with E-state index in [4.69, 9.17) is 17.3 Å². The molecule has 0 spiro atoms. The molecule has 4 nitrogen and oxygen atoms in total. The summed E-state index contributed by atoms with van der Waals surface area (Å²) in [7, 11) is 0. The number of rotatable bonds is 4. The van der Waals surface area contributed by atoms with Gasteiger partial charge in [-0.25, -0.2) is 9.18 Å². The number of nitrogens with one attached hydrogen (secondary N) is 1. The third kappa shape index (κ3) is 5.28. The van der Waals surface area contributed by atoms with Crippen molar-refractivity contribution in [1.29, 1.82) is 0 Å². The minimum atomic E-state index is -4.45. The van der Waals surface area contributed by atoms with Crippen LogP contribution in [0.25, 0.3) is 0 Å². The van der Waals surface area contributed by atoms with Crippen molar-refractivity contribution in [3.8, 4) is 0 Å². The summed E-state index contributed by atoms with van der Waals surface area (Å²) in [5, 5.41) is 2.66. The van der Waals surface area contributed by atoms with Gasteiger partial charge in [0.25, 0.3) is 0 Å². The molecule has 0 unspecified atom stereocenters. The fraction of sp³-hybridized carbons (Fsp3) is 0.316. The number of nitrogens with zero attached hydrogens (tertiary/aromatic N) is 1. The van der Waals surface area contributed by atoms with E-state index in [1.165, 1.54) is 35.4 Å². The van der Waals surface area contributed by atoms with Gasteiger partial charge in [0.2, 0.25) is 0 Å². The number of carbonyl (C=O) groups excluding carboxylic acids is 1. The van der Waals surface area contributed by atoms with Gasteiger partial charge in [-0.05, 0) is 42.6 Å². The lowest BCUT2D eigenvalue weighted by atomic mass is 9.86. The molecule has 1 saturated heterocycles. The molecule has 1 aromatic rings. The van der Waals surface area contributed by atoms with E-state index >= 15 is 4.39 Å². The van der Waals surface area contributed by atoms with E-state index in [2.05, 4.69) is 11.9 Å². The van der Waals surface area contributed by atoms with Crippen molar-refractivity contribution in [1.82, 2.24) is 4.90 Å². The Hall–Kier alpha value is -2.48. The van der Waals surface area contributed by atoms with Crippen molar-refractivity contribution in [2.24, 2.45) is 5.73 Å². The average Bonchev–Trinajstić information content (AvgIpc) is 2.65. The SMILES string of the molecule is C=C(/C(Cl)=C\C=C/N)C1(F)CCN(C(=O)Nc2ccc(C(F)(F)F)cc2)CC1. The van der Waals surface area contributed by atoms with Crippen LogP contribution in [0.1, 0.15) is 18.4 Å². The molecule has 1 aromatic carbocycles. The second-order valence-corrected chi connectivity index (χ2v) is 6.74. The summed E-state index contributed by atoms with van der Waals surface area (Å²) >= 11 is 6.03. The summed E-state index contributed by atoms with van der Waals surface area (Å²) in [6.07, 6.45) is -0.281. The van der Waals surface area contributed by atoms with E-state index in [1.807, 2.05) is 0 Å². The van der Waals surface area contributed by atoms with E-state index in [0.29, 0.717) is 0 Å². The van der Waals surface area contributed by atoms with Crippen LogP contribution >= 0.6 is 11.6 Å². The second-order valence-electron chi connectivity index (χ2n) is 6.34. The Morgan fingerprint density at radius 2 is 1.82 bits per heavy atom. The number of allylic oxidation sites excluding steroid dienone is 4. The van der Waals surface area contributed by atoms with Crippen LogP contribution in [0.15, 0.2) is 59.8 Å². The van der Waals surface area contributed by atoms with Gasteiger partial charge in [0.15, 0.2) is 0 Å². The van der Waals surface area contributed by atoms with E-state index < -0.39 is 23.4 Å². The van der Waals surface area contributed by atoms with Gasteiger partial charge >= 0.3 is 12.2 Å². The zero-order chi connectivity index (χ0) is 20.9. The van der Waals surface area contributed by atoms with E-state index in [-0.39, 0.29) is 42.2 Å². The second kappa shape index (κ2) is 8.68. The number of halogens is 5. The highest BCUT2D eigenvalue weighted by Gasteiger charge is 2.39. The summed E-state index contributed by atoms with van der Waals surface area (Å²) in [6.45, 7) is 3.93. The van der Waals surface area contributed by atoms with E-state index in [9.17, 15) is 18.0 Å². The lowest BCUT2D eigenvalue weighted by Gasteiger charge is -2.37. The number of piperidine rings is 1. The molecule has 1 heterocycles. The number of nitrogens with two attached hydrogens (primary N) is 1. The van der Waals surface area contributed by atoms with E-state index in [1.54, 1.807) is 0 Å². The normalized spacial score (nSPS) is 17.6. The largest absolute Gasteiger partial charge is 0.416 e. The quantitative estimate of drug-likeness (QED) is 0.523. The van der Waals surface area contributed by atoms with Gasteiger partial charge in [0.05, 0.1) is 5.56 Å². The first-order valence-corrected chi connectivity index (χ1v) is 8.80. The maximum Gasteiger partial charge on any atom is 0.416 e. The summed E-state index contributed by atoms with van der Waals surface area (Å²) in [5.74, 6) is 0. The molecule has 1 fully saturated rings. The highest BCUT2D eigenvalue weighted by Crippen LogP contribution is 2.38. The van der Waals surface area contributed by atoms with Gasteiger partial charge in [0.1, 0.15) is 5.67 Å². The zero-order valence-electron chi connectivity index (χ0n) is 14.9. The highest BCUT2D eigenvalue weighted by molar-refractivity contribution is 6.32. The molecule has 28 heavy (non-hydrogen) atoms. The monoisotopic (exact) mass is 417 g/mol. The predicted molar refractivity (Wildman–Crippen MR) is 102 cm³/mol. The number of alkyl halides is 4. The summed E-state index contributed by atoms with van der Waals surface area (Å²) in [5.41, 5.74) is 3.00. The number of hydrogen-bond acceptors (Lipinski definition) is 2. The van der Waals surface area contributed by atoms with Crippen molar-refractivity contribution >= 4 is 23.3 Å². The first-order chi connectivity index (χ1) is 13.1. The highest BCUT2D eigenvalue weighted by atomic mass is 35.5. The molecular formula is C19H20ClF4N3O. The molecule has 0 aromatic heterocycles. The minimum Gasteiger partial charge on any atom is -0.405 e. The van der Waals surface area contributed by atoms with Crippen molar-refractivity contribution in [3.63, 3.8) is 0 Å². The first kappa shape index (κ1) is 21.8. The fourth-order valence-corrected chi connectivity index (χ4v) is 3.01. The van der Waals surface area contributed by atoms with Crippen LogP contribution in [0.3, 0.4) is 0 Å². The van der Waals surface area contributed by atoms with Crippen molar-refractivity contribution in [3.05, 3.63) is 65.4 Å². The van der Waals surface area contributed by atoms with Crippen LogP contribution < -0.4 is 11.1 Å². The smallest absolute Gasteiger partial charge is 0.405 e. The molecule has 0 atom stereocenters. The number of hydrogen-bond donors (Lipinski definition) is 2. The number of urea groups is 1. The summed E-state index contributed by atoms with van der Waals surface area (Å²) < 4.78 is 52.8. The minimum absolute atomic E-state index is 0.00264. The molecule has 2 rings (SSSR count). The molecule has 2 amide bonds. The number of amides is 2. The van der Waals surface area contributed by atoms with Gasteiger partial charge in [-0.2, -0.15) is 13.2 Å². The molecule has 1 aliphatic heterocycles. The van der Waals surface area contributed by atoms with Crippen LogP contribution in [0, 0.1) is 0 Å². The molecular weight excluding hydrogens is 398 g/mol. The van der Waals surface area contributed by atoms with Crippen molar-refractivity contribution < 1.29 is 22.4 Å². The number of anilines is 1. The molecule has 0 aliphatic carbocycles. The Kier molecular flexibility index (Phi) is 6.77. The number of benzene rings is 1. The molecule has 0 radical (unpaired) electrons. The number of likely N-dealkylation sites (tertiary alicyclic amines) is 1. The first-order valence-electron chi connectivity index (χ1n) is 8.43. The van der Waals surface area contributed by atoms with Crippen LogP contribution in [0.4, 0.5) is 28.0 Å². The predicted octanol–water partition coefficient (Wildman–Crippen LogP) is 5.19. The van der Waals surface area contributed by atoms with Crippen LogP contribution in [-0.4, -0.2) is 29.7 Å². The molecule has 9 heteroatoms. The summed E-state index contributed by atoms with van der Waals surface area (Å²) in [4.78, 5) is 13.7. The lowest BCUT2D eigenvalue weighted by molar-refractivity contribution is -0.137. The maximum atomic E-state index is 15.1. The fourth-order valence-electron chi connectivity index (χ4n) is 2.77. The zero-order valence-corrected chi connectivity index (χ0v) is 15.7. The van der Waals surface area contributed by atoms with Crippen LogP contribution in [0.2, 0.25) is 0 Å². The Balaban J connectivity index is 1.95. The molecule has 0 saturated carbocycles. The summed E-state index contributed by atoms with van der Waals surface area (Å²) in [6, 6.07) is 3.59. The molecule has 152 valence electrons. The third-order valence-corrected chi connectivity index (χ3v) is 4.84. The Bertz CT molecular complexity index is 779. The van der Waals surface area contributed by atoms with Crippen LogP contribution in [0.5, 0.6) is 0 Å². The van der Waals surface area contributed by atoms with Gasteiger partial charge in [-0.15, -0.1) is 0 Å². The van der Waals surface area contributed by atoms with Crippen LogP contribution in [-0.2, 0) is 6.18 Å². The van der Waals surface area contributed by atoms with Gasteiger partial charge in [-0.1, -0.05) is 18.2 Å². The van der Waals surface area contributed by atoms with Gasteiger partial charge in [0, 0.05) is 42.2 Å². The Labute approximate surface area is 165 Å². The standard InChI is InChI=1S/C19H20ClF4N3O/c1-13(16(20)3-2-10-25)18(21)8-11-27(12-9-18)17(28)26-15-6-4-14(5-7-15)19(22,23)24/h2-7,10H,1,8-9,11-12,25H2,(H,26,28)/b10-2-,16-3+. The Morgan fingerprint density at radius 3 is 2.32 bits per heavy atom. The van der Waals surface area contributed by atoms with Crippen molar-refractivity contribution in [2.75, 3.05) is 18.4 Å². The van der Waals surface area contributed by atoms with Crippen molar-refractivity contribution in [2.45, 2.75) is 24.7 Å². The maximum absolute atomic E-state index is 15.1. The van der Waals surface area contributed by atoms with E-state index in [0.717, 1.165) is 12.1 Å². The topological polar surface area (TPSA) is 58.4 Å². The third-order valence-electron chi connectivity index (χ3n) is 4.49.